The number of likely N-dealkylation sites (N-methyl/N-ethyl adjacent to an activating group) is 1. The van der Waals surface area contributed by atoms with Crippen LogP contribution in [0.5, 0.6) is 0 Å². The van der Waals surface area contributed by atoms with E-state index in [9.17, 15) is 4.79 Å². The molecule has 0 aromatic carbocycles. The topological polar surface area (TPSA) is 58.7 Å². The van der Waals surface area contributed by atoms with Crippen LogP contribution in [0, 0.1) is 11.8 Å². The second-order valence-electron chi connectivity index (χ2n) is 5.66. The molecular formula is C13H23N3O. The summed E-state index contributed by atoms with van der Waals surface area (Å²) >= 11 is 0. The molecule has 1 heterocycles. The number of urea groups is 1. The highest BCUT2D eigenvalue weighted by atomic mass is 16.2. The van der Waals surface area contributed by atoms with Gasteiger partial charge in [0, 0.05) is 6.54 Å². The minimum absolute atomic E-state index is 0.144. The van der Waals surface area contributed by atoms with E-state index in [0.717, 1.165) is 19.3 Å². The molecule has 2 atom stereocenters. The van der Waals surface area contributed by atoms with E-state index >= 15 is 0 Å². The van der Waals surface area contributed by atoms with Crippen LogP contribution in [0.3, 0.4) is 0 Å². The smallest absolute Gasteiger partial charge is 0.346 e. The van der Waals surface area contributed by atoms with Crippen LogP contribution >= 0.6 is 0 Å². The summed E-state index contributed by atoms with van der Waals surface area (Å²) in [6.07, 6.45) is 4.35. The van der Waals surface area contributed by atoms with Crippen molar-refractivity contribution >= 4 is 11.9 Å². The first-order chi connectivity index (χ1) is 8.01. The van der Waals surface area contributed by atoms with Crippen LogP contribution in [0.4, 0.5) is 4.79 Å². The van der Waals surface area contributed by atoms with Crippen molar-refractivity contribution < 1.29 is 4.79 Å². The van der Waals surface area contributed by atoms with Crippen molar-refractivity contribution in [3.05, 3.63) is 0 Å². The number of amidine groups is 1. The molecule has 4 heteroatoms. The Labute approximate surface area is 103 Å². The number of amides is 2. The molecule has 1 fully saturated rings. The Morgan fingerprint density at radius 1 is 1.59 bits per heavy atom. The summed E-state index contributed by atoms with van der Waals surface area (Å²) in [5, 5.41) is 0. The summed E-state index contributed by atoms with van der Waals surface area (Å²) in [5.41, 5.74) is 5.79. The average molecular weight is 237 g/mol. The van der Waals surface area contributed by atoms with Gasteiger partial charge in [-0.1, -0.05) is 26.7 Å². The Kier molecular flexibility index (Phi) is 3.15. The molecule has 0 bridgehead atoms. The molecule has 2 amide bonds. The predicted molar refractivity (Wildman–Crippen MR) is 68.9 cm³/mol. The van der Waals surface area contributed by atoms with E-state index in [-0.39, 0.29) is 11.6 Å². The molecule has 2 rings (SSSR count). The summed E-state index contributed by atoms with van der Waals surface area (Å²) in [5.74, 6) is 1.85. The van der Waals surface area contributed by atoms with Crippen molar-refractivity contribution in [3.63, 3.8) is 0 Å². The standard InChI is InChI=1S/C13H23N3O/c1-4-16-12(17)15-11(14)13(16)7-5-6-10(8-13)9(2)3/h9-10H,4-8H2,1-3H3,(H2,14,15,17). The molecule has 1 saturated carbocycles. The molecule has 2 aliphatic rings. The Morgan fingerprint density at radius 2 is 2.29 bits per heavy atom. The molecule has 0 radical (unpaired) electrons. The molecule has 2 unspecified atom stereocenters. The molecule has 4 nitrogen and oxygen atoms in total. The maximum absolute atomic E-state index is 11.8. The summed E-state index contributed by atoms with van der Waals surface area (Å²) in [6, 6.07) is -0.144. The molecule has 96 valence electrons. The fourth-order valence-electron chi connectivity index (χ4n) is 3.37. The highest BCUT2D eigenvalue weighted by Crippen LogP contribution is 2.42. The molecule has 1 aliphatic carbocycles. The molecular weight excluding hydrogens is 214 g/mol. The number of carbonyl (C=O) groups is 1. The number of nitrogens with two attached hydrogens (primary N) is 1. The molecule has 1 spiro atoms. The third-order valence-corrected chi connectivity index (χ3v) is 4.46. The summed E-state index contributed by atoms with van der Waals surface area (Å²) in [7, 11) is 0. The summed E-state index contributed by atoms with van der Waals surface area (Å²) < 4.78 is 0. The molecule has 2 N–H and O–H groups in total. The van der Waals surface area contributed by atoms with E-state index in [1.807, 2.05) is 11.8 Å². The van der Waals surface area contributed by atoms with Crippen LogP contribution in [0.2, 0.25) is 0 Å². The highest BCUT2D eigenvalue weighted by molar-refractivity contribution is 6.05. The molecule has 1 aliphatic heterocycles. The first-order valence-corrected chi connectivity index (χ1v) is 6.67. The second kappa shape index (κ2) is 4.31. The lowest BCUT2D eigenvalue weighted by molar-refractivity contribution is 0.109. The van der Waals surface area contributed by atoms with Crippen molar-refractivity contribution in [2.45, 2.75) is 52.0 Å². The Balaban J connectivity index is 2.28. The van der Waals surface area contributed by atoms with Gasteiger partial charge in [0.15, 0.2) is 0 Å². The summed E-state index contributed by atoms with van der Waals surface area (Å²) in [4.78, 5) is 17.7. The van der Waals surface area contributed by atoms with E-state index in [1.165, 1.54) is 6.42 Å². The number of carbonyl (C=O) groups excluding carboxylic acids is 1. The van der Waals surface area contributed by atoms with Gasteiger partial charge in [-0.05, 0) is 31.6 Å². The highest BCUT2D eigenvalue weighted by Gasteiger charge is 2.50. The predicted octanol–water partition coefficient (Wildman–Crippen LogP) is 2.38. The van der Waals surface area contributed by atoms with E-state index in [1.54, 1.807) is 0 Å². The zero-order chi connectivity index (χ0) is 12.6. The van der Waals surface area contributed by atoms with Gasteiger partial charge in [0.25, 0.3) is 0 Å². The Morgan fingerprint density at radius 3 is 2.88 bits per heavy atom. The van der Waals surface area contributed by atoms with Crippen LogP contribution in [0.15, 0.2) is 4.99 Å². The quantitative estimate of drug-likeness (QED) is 0.801. The van der Waals surface area contributed by atoms with Crippen molar-refractivity contribution in [1.29, 1.82) is 0 Å². The number of hydrogen-bond donors (Lipinski definition) is 1. The van der Waals surface area contributed by atoms with Crippen molar-refractivity contribution in [1.82, 2.24) is 4.90 Å². The fourth-order valence-corrected chi connectivity index (χ4v) is 3.37. The monoisotopic (exact) mass is 237 g/mol. The zero-order valence-electron chi connectivity index (χ0n) is 11.1. The molecule has 0 aromatic heterocycles. The van der Waals surface area contributed by atoms with Gasteiger partial charge in [-0.2, -0.15) is 4.99 Å². The van der Waals surface area contributed by atoms with E-state index < -0.39 is 0 Å². The number of hydrogen-bond acceptors (Lipinski definition) is 2. The number of nitrogens with zero attached hydrogens (tertiary/aromatic N) is 2. The lowest BCUT2D eigenvalue weighted by Crippen LogP contribution is -2.56. The maximum atomic E-state index is 11.8. The zero-order valence-corrected chi connectivity index (χ0v) is 11.1. The SMILES string of the molecule is CCN1C(=O)N=C(N)C12CCCC(C(C)C)C2. The molecule has 0 saturated heterocycles. The van der Waals surface area contributed by atoms with Crippen molar-refractivity contribution in [3.8, 4) is 0 Å². The van der Waals surface area contributed by atoms with Crippen molar-refractivity contribution in [2.75, 3.05) is 6.54 Å². The number of aliphatic imine (C=N–C) groups is 1. The van der Waals surface area contributed by atoms with Crippen LogP contribution in [-0.2, 0) is 0 Å². The third kappa shape index (κ3) is 1.83. The Bertz CT molecular complexity index is 351. The normalized spacial score (nSPS) is 33.6. The molecule has 0 aromatic rings. The lowest BCUT2D eigenvalue weighted by atomic mass is 9.70. The van der Waals surface area contributed by atoms with Gasteiger partial charge >= 0.3 is 6.03 Å². The van der Waals surface area contributed by atoms with Gasteiger partial charge in [0.1, 0.15) is 11.4 Å². The largest absolute Gasteiger partial charge is 0.385 e. The average Bonchev–Trinajstić information content (AvgIpc) is 2.50. The van der Waals surface area contributed by atoms with E-state index in [0.29, 0.717) is 24.2 Å². The van der Waals surface area contributed by atoms with Crippen LogP contribution in [-0.4, -0.2) is 28.9 Å². The number of rotatable bonds is 2. The first-order valence-electron chi connectivity index (χ1n) is 6.67. The lowest BCUT2D eigenvalue weighted by Gasteiger charge is -2.44. The first kappa shape index (κ1) is 12.4. The van der Waals surface area contributed by atoms with Gasteiger partial charge in [-0.15, -0.1) is 0 Å². The second-order valence-corrected chi connectivity index (χ2v) is 5.66. The van der Waals surface area contributed by atoms with Gasteiger partial charge < -0.3 is 10.6 Å². The van der Waals surface area contributed by atoms with E-state index in [2.05, 4.69) is 18.8 Å². The van der Waals surface area contributed by atoms with Crippen LogP contribution < -0.4 is 5.73 Å². The van der Waals surface area contributed by atoms with Gasteiger partial charge in [-0.25, -0.2) is 4.79 Å². The van der Waals surface area contributed by atoms with Gasteiger partial charge in [-0.3, -0.25) is 0 Å². The van der Waals surface area contributed by atoms with E-state index in [4.69, 9.17) is 5.73 Å². The third-order valence-electron chi connectivity index (χ3n) is 4.46. The van der Waals surface area contributed by atoms with Crippen molar-refractivity contribution in [2.24, 2.45) is 22.6 Å². The van der Waals surface area contributed by atoms with Gasteiger partial charge in [0.05, 0.1) is 0 Å². The minimum Gasteiger partial charge on any atom is -0.385 e. The van der Waals surface area contributed by atoms with Crippen LogP contribution in [0.25, 0.3) is 0 Å². The molecule has 17 heavy (non-hydrogen) atoms. The summed E-state index contributed by atoms with van der Waals surface area (Å²) in [6.45, 7) is 7.22. The fraction of sp³-hybridized carbons (Fsp3) is 0.846. The maximum Gasteiger partial charge on any atom is 0.346 e. The van der Waals surface area contributed by atoms with Crippen LogP contribution in [0.1, 0.15) is 46.5 Å². The minimum atomic E-state index is -0.265. The Hall–Kier alpha value is -1.06. The van der Waals surface area contributed by atoms with Gasteiger partial charge in [0.2, 0.25) is 0 Å².